The topological polar surface area (TPSA) is 20.2 Å². The quantitative estimate of drug-likeness (QED) is 0.282. The molecule has 1 heteroatoms. The molecule has 3 fully saturated rings. The second-order valence-corrected chi connectivity index (χ2v) is 14.8. The molecule has 1 N–H and O–H groups in total. The molecule has 4 aliphatic carbocycles. The van der Waals surface area contributed by atoms with Gasteiger partial charge in [-0.3, -0.25) is 0 Å². The highest BCUT2D eigenvalue weighted by Crippen LogP contribution is 2.68. The van der Waals surface area contributed by atoms with Gasteiger partial charge in [-0.05, 0) is 110 Å². The van der Waals surface area contributed by atoms with Gasteiger partial charge in [0, 0.05) is 0 Å². The van der Waals surface area contributed by atoms with Crippen molar-refractivity contribution in [1.29, 1.82) is 0 Å². The van der Waals surface area contributed by atoms with Crippen LogP contribution in [-0.4, -0.2) is 11.2 Å². The number of hydrogen-bond acceptors (Lipinski definition) is 1. The van der Waals surface area contributed by atoms with E-state index in [0.717, 1.165) is 54.3 Å². The van der Waals surface area contributed by atoms with Crippen molar-refractivity contribution in [1.82, 2.24) is 0 Å². The Morgan fingerprint density at radius 1 is 0.917 bits per heavy atom. The zero-order valence-corrected chi connectivity index (χ0v) is 24.9. The summed E-state index contributed by atoms with van der Waals surface area (Å²) < 4.78 is 0. The maximum absolute atomic E-state index is 10.4. The second-order valence-electron chi connectivity index (χ2n) is 14.8. The Kier molecular flexibility index (Phi) is 9.55. The number of aliphatic hydroxyl groups excluding tert-OH is 1. The van der Waals surface area contributed by atoms with E-state index in [4.69, 9.17) is 0 Å². The Morgan fingerprint density at radius 3 is 2.44 bits per heavy atom. The van der Waals surface area contributed by atoms with Crippen LogP contribution in [0.15, 0.2) is 23.8 Å². The van der Waals surface area contributed by atoms with Crippen LogP contribution in [0, 0.1) is 52.3 Å². The second kappa shape index (κ2) is 12.1. The minimum absolute atomic E-state index is 0.263. The molecular weight excluding hydrogens is 436 g/mol. The van der Waals surface area contributed by atoms with Crippen LogP contribution < -0.4 is 0 Å². The molecule has 0 saturated heterocycles. The predicted molar refractivity (Wildman–Crippen MR) is 156 cm³/mol. The Balaban J connectivity index is 1.39. The molecule has 0 aromatic rings. The first kappa shape index (κ1) is 28.4. The normalized spacial score (nSPS) is 40.0. The van der Waals surface area contributed by atoms with E-state index in [1.54, 1.807) is 0 Å². The summed E-state index contributed by atoms with van der Waals surface area (Å²) in [7, 11) is 0. The van der Waals surface area contributed by atoms with Crippen molar-refractivity contribution in [2.24, 2.45) is 52.3 Å². The first-order valence-corrected chi connectivity index (χ1v) is 16.2. The summed E-state index contributed by atoms with van der Waals surface area (Å²) in [6.07, 6.45) is 26.9. The number of allylic oxidation sites excluding steroid dienone is 3. The lowest BCUT2D eigenvalue weighted by molar-refractivity contribution is -0.101. The van der Waals surface area contributed by atoms with Crippen molar-refractivity contribution in [3.63, 3.8) is 0 Å². The summed E-state index contributed by atoms with van der Waals surface area (Å²) in [4.78, 5) is 0. The van der Waals surface area contributed by atoms with Crippen LogP contribution in [-0.2, 0) is 0 Å². The van der Waals surface area contributed by atoms with Crippen LogP contribution in [0.5, 0.6) is 0 Å². The fourth-order valence-corrected chi connectivity index (χ4v) is 10.0. The lowest BCUT2D eigenvalue weighted by Gasteiger charge is -2.60. The lowest BCUT2D eigenvalue weighted by atomic mass is 9.45. The predicted octanol–water partition coefficient (Wildman–Crippen LogP) is 10.1. The maximum atomic E-state index is 10.4. The van der Waals surface area contributed by atoms with E-state index < -0.39 is 0 Å². The smallest absolute Gasteiger partial charge is 0.0724 e. The fourth-order valence-electron chi connectivity index (χ4n) is 10.0. The third-order valence-electron chi connectivity index (χ3n) is 12.2. The molecule has 0 spiro atoms. The number of unbranched alkanes of at least 4 members (excludes halogenated alkanes) is 2. The first-order chi connectivity index (χ1) is 17.2. The molecule has 36 heavy (non-hydrogen) atoms. The summed E-state index contributed by atoms with van der Waals surface area (Å²) in [6, 6.07) is 0. The molecule has 4 aliphatic rings. The zero-order valence-electron chi connectivity index (χ0n) is 24.9. The molecule has 0 aromatic carbocycles. The molecule has 8 unspecified atom stereocenters. The van der Waals surface area contributed by atoms with Crippen LogP contribution in [0.3, 0.4) is 0 Å². The fraction of sp³-hybridized carbons (Fsp3) is 0.886. The summed E-state index contributed by atoms with van der Waals surface area (Å²) in [5, 5.41) is 10.4. The summed E-state index contributed by atoms with van der Waals surface area (Å²) in [6.45, 7) is 15.0. The Labute approximate surface area is 225 Å². The highest BCUT2D eigenvalue weighted by Gasteiger charge is 2.60. The monoisotopic (exact) mass is 496 g/mol. The SMILES string of the molecule is CCCCCC(O)/C=C/C1=CCC2(C)C3CCC4(C)C(C(C)CCCC(C)C)CCC4C3CC[C@H]2C1. The van der Waals surface area contributed by atoms with Gasteiger partial charge in [0.25, 0.3) is 0 Å². The van der Waals surface area contributed by atoms with Crippen LogP contribution in [0.2, 0.25) is 0 Å². The molecule has 0 heterocycles. The Morgan fingerprint density at radius 2 is 1.69 bits per heavy atom. The van der Waals surface area contributed by atoms with Gasteiger partial charge in [0.2, 0.25) is 0 Å². The lowest BCUT2D eigenvalue weighted by Crippen LogP contribution is -2.52. The van der Waals surface area contributed by atoms with E-state index in [0.29, 0.717) is 10.8 Å². The van der Waals surface area contributed by atoms with Gasteiger partial charge >= 0.3 is 0 Å². The van der Waals surface area contributed by atoms with Crippen molar-refractivity contribution in [3.8, 4) is 0 Å². The van der Waals surface area contributed by atoms with Crippen LogP contribution in [0.4, 0.5) is 0 Å². The molecule has 0 aromatic heterocycles. The zero-order chi connectivity index (χ0) is 25.9. The van der Waals surface area contributed by atoms with Gasteiger partial charge in [-0.15, -0.1) is 0 Å². The van der Waals surface area contributed by atoms with E-state index in [9.17, 15) is 5.11 Å². The van der Waals surface area contributed by atoms with Crippen molar-refractivity contribution < 1.29 is 5.11 Å². The highest BCUT2D eigenvalue weighted by atomic mass is 16.3. The van der Waals surface area contributed by atoms with E-state index in [2.05, 4.69) is 59.8 Å². The van der Waals surface area contributed by atoms with Gasteiger partial charge in [-0.25, -0.2) is 0 Å². The van der Waals surface area contributed by atoms with Crippen LogP contribution >= 0.6 is 0 Å². The maximum Gasteiger partial charge on any atom is 0.0724 e. The van der Waals surface area contributed by atoms with Crippen LogP contribution in [0.25, 0.3) is 0 Å². The third kappa shape index (κ3) is 5.87. The minimum atomic E-state index is -0.263. The van der Waals surface area contributed by atoms with Gasteiger partial charge < -0.3 is 5.11 Å². The molecule has 0 bridgehead atoms. The largest absolute Gasteiger partial charge is 0.389 e. The van der Waals surface area contributed by atoms with E-state index in [-0.39, 0.29) is 6.10 Å². The Bertz CT molecular complexity index is 763. The number of rotatable bonds is 11. The molecule has 4 rings (SSSR count). The molecule has 9 atom stereocenters. The third-order valence-corrected chi connectivity index (χ3v) is 12.2. The molecule has 206 valence electrons. The van der Waals surface area contributed by atoms with Gasteiger partial charge in [0.05, 0.1) is 6.10 Å². The van der Waals surface area contributed by atoms with Crippen molar-refractivity contribution in [2.75, 3.05) is 0 Å². The molecule has 0 radical (unpaired) electrons. The average molecular weight is 497 g/mol. The van der Waals surface area contributed by atoms with Crippen molar-refractivity contribution in [2.45, 2.75) is 144 Å². The molecule has 0 aliphatic heterocycles. The average Bonchev–Trinajstić information content (AvgIpc) is 3.20. The minimum Gasteiger partial charge on any atom is -0.389 e. The van der Waals surface area contributed by atoms with Crippen molar-refractivity contribution in [3.05, 3.63) is 23.8 Å². The standard InChI is InChI=1S/C35H60O/c1-7-8-9-13-29(36)16-14-27-20-22-34(5)28(24-27)15-17-30-32-19-18-31(26(4)12-10-11-25(2)3)35(32,6)23-21-33(30)34/h14,16,20,25-26,28-33,36H,7-13,15,17-19,21-24H2,1-6H3/b16-14+/t26?,28-,29?,30?,31?,32?,33?,34?,35?/m0/s1. The van der Waals surface area contributed by atoms with Crippen LogP contribution in [0.1, 0.15) is 138 Å². The van der Waals surface area contributed by atoms with E-state index >= 15 is 0 Å². The molecular formula is C35H60O. The Hall–Kier alpha value is -0.560. The summed E-state index contributed by atoms with van der Waals surface area (Å²) >= 11 is 0. The summed E-state index contributed by atoms with van der Waals surface area (Å²) in [5.41, 5.74) is 2.61. The van der Waals surface area contributed by atoms with E-state index in [1.165, 1.54) is 89.0 Å². The number of hydrogen-bond donors (Lipinski definition) is 1. The summed E-state index contributed by atoms with van der Waals surface area (Å²) in [5.74, 6) is 6.47. The number of aliphatic hydroxyl groups is 1. The number of fused-ring (bicyclic) bond motifs is 5. The van der Waals surface area contributed by atoms with Gasteiger partial charge in [0.1, 0.15) is 0 Å². The van der Waals surface area contributed by atoms with E-state index in [1.807, 2.05) is 0 Å². The molecule has 3 saturated carbocycles. The van der Waals surface area contributed by atoms with Gasteiger partial charge in [0.15, 0.2) is 0 Å². The van der Waals surface area contributed by atoms with Gasteiger partial charge in [-0.1, -0.05) is 104 Å². The molecule has 0 amide bonds. The first-order valence-electron chi connectivity index (χ1n) is 16.2. The highest BCUT2D eigenvalue weighted by molar-refractivity contribution is 5.26. The van der Waals surface area contributed by atoms with Crippen molar-refractivity contribution >= 4 is 0 Å². The van der Waals surface area contributed by atoms with Gasteiger partial charge in [-0.2, -0.15) is 0 Å². The molecule has 1 nitrogen and oxygen atoms in total.